The number of amides is 1. The Hall–Kier alpha value is -2.82. The molecule has 30 heavy (non-hydrogen) atoms. The number of anilines is 1. The molecule has 0 atom stereocenters. The Morgan fingerprint density at radius 3 is 2.53 bits per heavy atom. The normalized spacial score (nSPS) is 19.2. The van der Waals surface area contributed by atoms with Gasteiger partial charge in [-0.1, -0.05) is 24.3 Å². The first-order valence-corrected chi connectivity index (χ1v) is 11.2. The van der Waals surface area contributed by atoms with E-state index in [2.05, 4.69) is 40.2 Å². The van der Waals surface area contributed by atoms with Crippen LogP contribution in [0.4, 0.5) is 5.69 Å². The topological polar surface area (TPSA) is 50.2 Å². The summed E-state index contributed by atoms with van der Waals surface area (Å²) in [6.07, 6.45) is 6.28. The Labute approximate surface area is 177 Å². The van der Waals surface area contributed by atoms with Crippen molar-refractivity contribution < 1.29 is 4.79 Å². The van der Waals surface area contributed by atoms with Gasteiger partial charge in [0.1, 0.15) is 11.3 Å². The van der Waals surface area contributed by atoms with E-state index >= 15 is 0 Å². The number of hydrogen-bond donors (Lipinski definition) is 1. The minimum atomic E-state index is 0.0321. The largest absolute Gasteiger partial charge is 0.377 e. The van der Waals surface area contributed by atoms with Gasteiger partial charge in [-0.2, -0.15) is 0 Å². The van der Waals surface area contributed by atoms with E-state index < -0.39 is 0 Å². The fourth-order valence-electron chi connectivity index (χ4n) is 5.80. The first kappa shape index (κ1) is 18.0. The van der Waals surface area contributed by atoms with Crippen LogP contribution >= 0.6 is 0 Å². The zero-order chi connectivity index (χ0) is 20.5. The van der Waals surface area contributed by atoms with E-state index in [1.165, 1.54) is 16.7 Å². The number of carbonyl (C=O) groups is 1. The molecule has 1 saturated heterocycles. The van der Waals surface area contributed by atoms with Crippen molar-refractivity contribution in [2.75, 3.05) is 18.4 Å². The van der Waals surface area contributed by atoms with E-state index in [1.54, 1.807) is 0 Å². The Morgan fingerprint density at radius 2 is 1.83 bits per heavy atom. The number of benzene rings is 2. The lowest BCUT2D eigenvalue weighted by molar-refractivity contribution is 0.0791. The van der Waals surface area contributed by atoms with E-state index in [0.717, 1.165) is 79.7 Å². The zero-order valence-electron chi connectivity index (χ0n) is 17.8. The van der Waals surface area contributed by atoms with Crippen LogP contribution in [-0.2, 0) is 26.3 Å². The van der Waals surface area contributed by atoms with Crippen molar-refractivity contribution in [1.82, 2.24) is 14.5 Å². The molecule has 0 radical (unpaired) electrons. The summed E-state index contributed by atoms with van der Waals surface area (Å²) in [5.74, 6) is 1.17. The lowest BCUT2D eigenvalue weighted by Gasteiger charge is -2.38. The van der Waals surface area contributed by atoms with Gasteiger partial charge >= 0.3 is 0 Å². The molecule has 1 aromatic heterocycles. The van der Waals surface area contributed by atoms with E-state index in [-0.39, 0.29) is 11.4 Å². The number of fused-ring (bicyclic) bond motifs is 4. The second kappa shape index (κ2) is 6.34. The minimum absolute atomic E-state index is 0.0321. The molecular weight excluding hydrogens is 372 g/mol. The summed E-state index contributed by atoms with van der Waals surface area (Å²) in [4.78, 5) is 20.4. The molecule has 3 aromatic rings. The number of nitrogens with zero attached hydrogens (tertiary/aromatic N) is 3. The molecular formula is C25H28N4O. The monoisotopic (exact) mass is 400 g/mol. The quantitative estimate of drug-likeness (QED) is 0.671. The van der Waals surface area contributed by atoms with Gasteiger partial charge in [-0.15, -0.1) is 0 Å². The van der Waals surface area contributed by atoms with Gasteiger partial charge in [0, 0.05) is 31.2 Å². The van der Waals surface area contributed by atoms with E-state index in [4.69, 9.17) is 4.98 Å². The summed E-state index contributed by atoms with van der Waals surface area (Å²) >= 11 is 0. The number of imidazole rings is 1. The Bertz CT molecular complexity index is 1160. The molecule has 3 heterocycles. The highest BCUT2D eigenvalue weighted by Gasteiger charge is 2.41. The molecule has 5 nitrogen and oxygen atoms in total. The molecule has 6 rings (SSSR count). The van der Waals surface area contributed by atoms with Gasteiger partial charge in [0.15, 0.2) is 0 Å². The van der Waals surface area contributed by atoms with Crippen molar-refractivity contribution >= 4 is 22.6 Å². The first-order chi connectivity index (χ1) is 14.5. The minimum Gasteiger partial charge on any atom is -0.377 e. The molecule has 2 aromatic carbocycles. The maximum absolute atomic E-state index is 13.4. The zero-order valence-corrected chi connectivity index (χ0v) is 17.8. The fraction of sp³-hybridized carbons (Fsp3) is 0.440. The van der Waals surface area contributed by atoms with Crippen LogP contribution in [0.1, 0.15) is 52.1 Å². The number of carbonyl (C=O) groups excluding carboxylic acids is 1. The first-order valence-electron chi connectivity index (χ1n) is 11.2. The molecule has 154 valence electrons. The number of aromatic nitrogens is 2. The summed E-state index contributed by atoms with van der Waals surface area (Å²) < 4.78 is 2.11. The second-order valence-electron chi connectivity index (χ2n) is 9.39. The van der Waals surface area contributed by atoms with Crippen molar-refractivity contribution in [3.63, 3.8) is 0 Å². The number of hydrogen-bond acceptors (Lipinski definition) is 3. The molecule has 2 aliphatic heterocycles. The van der Waals surface area contributed by atoms with E-state index in [1.807, 2.05) is 18.9 Å². The summed E-state index contributed by atoms with van der Waals surface area (Å²) in [5, 5.41) is 3.94. The van der Waals surface area contributed by atoms with Crippen LogP contribution in [0.2, 0.25) is 0 Å². The molecule has 0 unspecified atom stereocenters. The molecule has 1 amide bonds. The fourth-order valence-corrected chi connectivity index (χ4v) is 5.80. The van der Waals surface area contributed by atoms with Gasteiger partial charge in [0.25, 0.3) is 5.91 Å². The van der Waals surface area contributed by atoms with Gasteiger partial charge in [-0.3, -0.25) is 4.79 Å². The number of likely N-dealkylation sites (tertiary alicyclic amines) is 1. The van der Waals surface area contributed by atoms with Crippen LogP contribution in [0.15, 0.2) is 30.3 Å². The van der Waals surface area contributed by atoms with Crippen LogP contribution in [0, 0.1) is 6.92 Å². The van der Waals surface area contributed by atoms with Crippen LogP contribution in [0.5, 0.6) is 0 Å². The third-order valence-corrected chi connectivity index (χ3v) is 7.55. The van der Waals surface area contributed by atoms with Crippen molar-refractivity contribution in [3.05, 3.63) is 58.4 Å². The highest BCUT2D eigenvalue weighted by molar-refractivity contribution is 6.04. The number of nitrogens with one attached hydrogen (secondary N) is 1. The van der Waals surface area contributed by atoms with Crippen LogP contribution < -0.4 is 5.32 Å². The average molecular weight is 401 g/mol. The Kier molecular flexibility index (Phi) is 3.80. The van der Waals surface area contributed by atoms with Gasteiger partial charge in [-0.25, -0.2) is 4.98 Å². The van der Waals surface area contributed by atoms with Crippen LogP contribution in [-0.4, -0.2) is 39.0 Å². The van der Waals surface area contributed by atoms with Crippen molar-refractivity contribution in [1.29, 1.82) is 0 Å². The lowest BCUT2D eigenvalue weighted by Crippen LogP contribution is -2.43. The summed E-state index contributed by atoms with van der Waals surface area (Å²) in [6.45, 7) is 3.80. The molecule has 3 aliphatic rings. The van der Waals surface area contributed by atoms with Crippen LogP contribution in [0.25, 0.3) is 11.0 Å². The Balaban J connectivity index is 1.49. The van der Waals surface area contributed by atoms with Crippen molar-refractivity contribution in [2.24, 2.45) is 7.05 Å². The predicted octanol–water partition coefficient (Wildman–Crippen LogP) is 4.01. The van der Waals surface area contributed by atoms with Crippen molar-refractivity contribution in [2.45, 2.75) is 51.0 Å². The summed E-state index contributed by atoms with van der Waals surface area (Å²) in [6, 6.07) is 10.9. The third-order valence-electron chi connectivity index (χ3n) is 7.55. The molecule has 1 aliphatic carbocycles. The smallest absolute Gasteiger partial charge is 0.254 e. The predicted molar refractivity (Wildman–Crippen MR) is 119 cm³/mol. The maximum Gasteiger partial charge on any atom is 0.254 e. The number of aryl methyl sites for hydroxylation is 2. The third kappa shape index (κ3) is 2.54. The van der Waals surface area contributed by atoms with Crippen molar-refractivity contribution in [3.8, 4) is 0 Å². The van der Waals surface area contributed by atoms with Gasteiger partial charge in [0.05, 0.1) is 11.2 Å². The van der Waals surface area contributed by atoms with Gasteiger partial charge in [-0.05, 0) is 68.2 Å². The van der Waals surface area contributed by atoms with E-state index in [9.17, 15) is 4.79 Å². The average Bonchev–Trinajstić information content (AvgIpc) is 3.46. The molecule has 5 heteroatoms. The molecule has 0 bridgehead atoms. The summed E-state index contributed by atoms with van der Waals surface area (Å²) in [7, 11) is 2.05. The number of rotatable bonds is 1. The molecule has 1 N–H and O–H groups in total. The molecule has 1 fully saturated rings. The van der Waals surface area contributed by atoms with Gasteiger partial charge in [0.2, 0.25) is 0 Å². The van der Waals surface area contributed by atoms with E-state index in [0.29, 0.717) is 0 Å². The standard InChI is InChI=1S/C25H28N4O/c1-16-26-23-21(28(16)2)13-20(24(30)29-11-5-6-12-29)19-9-10-25(27-22(19)23)14-17-7-3-4-8-18(17)15-25/h3-4,7-8,13,27H,5-6,9-12,14-15H2,1-2H3. The highest BCUT2D eigenvalue weighted by Crippen LogP contribution is 2.44. The highest BCUT2D eigenvalue weighted by atomic mass is 16.2. The van der Waals surface area contributed by atoms with Gasteiger partial charge < -0.3 is 14.8 Å². The maximum atomic E-state index is 13.4. The van der Waals surface area contributed by atoms with Crippen LogP contribution in [0.3, 0.4) is 0 Å². The SMILES string of the molecule is Cc1nc2c3c(c(C(=O)N4CCCC4)cc2n1C)CCC1(Cc2ccccc2C1)N3. The Morgan fingerprint density at radius 1 is 1.13 bits per heavy atom. The second-order valence-corrected chi connectivity index (χ2v) is 9.39. The molecule has 0 saturated carbocycles. The summed E-state index contributed by atoms with van der Waals surface area (Å²) in [5.41, 5.74) is 8.13. The molecule has 1 spiro atoms. The lowest BCUT2D eigenvalue weighted by atomic mass is 9.82.